The van der Waals surface area contributed by atoms with E-state index in [1.165, 1.54) is 0 Å². The standard InChI is InChI=1S/C21H30BrN5O3/c1-13-17(22)27-19(24-13)16-15(8-6-10-29-16)18(25-27)26-9-5-7-14(12-26)11-23-20(28)30-21(2,3)4/h14H,5-12H2,1-4H3,(H,23,28). The Hall–Kier alpha value is -2.03. The van der Waals surface area contributed by atoms with E-state index in [1.807, 2.05) is 32.2 Å². The number of nitrogens with zero attached hydrogens (tertiary/aromatic N) is 4. The van der Waals surface area contributed by atoms with Gasteiger partial charge in [-0.25, -0.2) is 14.3 Å². The first-order valence-electron chi connectivity index (χ1n) is 10.7. The zero-order valence-corrected chi connectivity index (χ0v) is 19.7. The molecule has 0 spiro atoms. The number of fused-ring (bicyclic) bond motifs is 3. The molecular formula is C21H30BrN5O3. The molecule has 4 heterocycles. The van der Waals surface area contributed by atoms with E-state index in [0.29, 0.717) is 19.1 Å². The van der Waals surface area contributed by atoms with E-state index in [2.05, 4.69) is 31.1 Å². The summed E-state index contributed by atoms with van der Waals surface area (Å²) in [6.07, 6.45) is 3.69. The molecule has 1 N–H and O–H groups in total. The highest BCUT2D eigenvalue weighted by molar-refractivity contribution is 9.10. The summed E-state index contributed by atoms with van der Waals surface area (Å²) >= 11 is 3.62. The number of piperidine rings is 1. The van der Waals surface area contributed by atoms with Gasteiger partial charge in [0.15, 0.2) is 17.2 Å². The number of anilines is 1. The van der Waals surface area contributed by atoms with Crippen molar-refractivity contribution in [1.82, 2.24) is 19.9 Å². The smallest absolute Gasteiger partial charge is 0.407 e. The molecule has 4 rings (SSSR count). The molecular weight excluding hydrogens is 450 g/mol. The molecule has 0 radical (unpaired) electrons. The number of aromatic nitrogens is 3. The fourth-order valence-corrected chi connectivity index (χ4v) is 4.48. The molecule has 1 saturated heterocycles. The van der Waals surface area contributed by atoms with E-state index in [0.717, 1.165) is 71.8 Å². The monoisotopic (exact) mass is 479 g/mol. The number of amides is 1. The molecule has 2 aromatic rings. The maximum absolute atomic E-state index is 12.0. The van der Waals surface area contributed by atoms with Crippen molar-refractivity contribution >= 4 is 33.5 Å². The number of alkyl carbamates (subject to hydrolysis) is 1. The predicted molar refractivity (Wildman–Crippen MR) is 118 cm³/mol. The molecule has 2 aliphatic heterocycles. The third-order valence-electron chi connectivity index (χ3n) is 5.47. The average molecular weight is 480 g/mol. The van der Waals surface area contributed by atoms with Crippen LogP contribution in [-0.2, 0) is 11.2 Å². The molecule has 1 fully saturated rings. The van der Waals surface area contributed by atoms with Crippen LogP contribution >= 0.6 is 15.9 Å². The van der Waals surface area contributed by atoms with E-state index in [4.69, 9.17) is 14.6 Å². The maximum Gasteiger partial charge on any atom is 0.407 e. The molecule has 1 amide bonds. The number of hydrogen-bond donors (Lipinski definition) is 1. The first-order valence-corrected chi connectivity index (χ1v) is 11.4. The van der Waals surface area contributed by atoms with Crippen molar-refractivity contribution in [3.8, 4) is 5.75 Å². The van der Waals surface area contributed by atoms with Gasteiger partial charge in [0.2, 0.25) is 0 Å². The van der Waals surface area contributed by atoms with Crippen molar-refractivity contribution in [1.29, 1.82) is 0 Å². The van der Waals surface area contributed by atoms with Crippen molar-refractivity contribution in [3.63, 3.8) is 0 Å². The summed E-state index contributed by atoms with van der Waals surface area (Å²) in [7, 11) is 0. The van der Waals surface area contributed by atoms with Crippen molar-refractivity contribution < 1.29 is 14.3 Å². The molecule has 0 aliphatic carbocycles. The Morgan fingerprint density at radius 1 is 1.37 bits per heavy atom. The minimum Gasteiger partial charge on any atom is -0.489 e. The van der Waals surface area contributed by atoms with Crippen LogP contribution < -0.4 is 15.0 Å². The van der Waals surface area contributed by atoms with Gasteiger partial charge >= 0.3 is 6.09 Å². The Balaban J connectivity index is 1.55. The lowest BCUT2D eigenvalue weighted by Crippen LogP contribution is -2.43. The minimum absolute atomic E-state index is 0.344. The van der Waals surface area contributed by atoms with Gasteiger partial charge in [0.1, 0.15) is 10.2 Å². The summed E-state index contributed by atoms with van der Waals surface area (Å²) in [4.78, 5) is 19.0. The van der Waals surface area contributed by atoms with Crippen LogP contribution in [0, 0.1) is 12.8 Å². The number of hydrogen-bond acceptors (Lipinski definition) is 6. The van der Waals surface area contributed by atoms with E-state index < -0.39 is 5.60 Å². The summed E-state index contributed by atoms with van der Waals surface area (Å²) < 4.78 is 14.1. The number of carbonyl (C=O) groups is 1. The predicted octanol–water partition coefficient (Wildman–Crippen LogP) is 3.87. The topological polar surface area (TPSA) is 81.0 Å². The molecule has 0 saturated carbocycles. The lowest BCUT2D eigenvalue weighted by molar-refractivity contribution is 0.0517. The summed E-state index contributed by atoms with van der Waals surface area (Å²) in [6, 6.07) is 0. The second kappa shape index (κ2) is 8.24. The lowest BCUT2D eigenvalue weighted by Gasteiger charge is -2.35. The van der Waals surface area contributed by atoms with E-state index in [1.54, 1.807) is 0 Å². The van der Waals surface area contributed by atoms with Gasteiger partial charge in [-0.15, -0.1) is 5.10 Å². The van der Waals surface area contributed by atoms with Crippen molar-refractivity contribution in [3.05, 3.63) is 15.9 Å². The Morgan fingerprint density at radius 2 is 2.17 bits per heavy atom. The lowest BCUT2D eigenvalue weighted by atomic mass is 9.97. The van der Waals surface area contributed by atoms with Gasteiger partial charge in [-0.2, -0.15) is 0 Å². The van der Waals surface area contributed by atoms with Crippen LogP contribution in [0.25, 0.3) is 5.65 Å². The van der Waals surface area contributed by atoms with Crippen LogP contribution in [0.2, 0.25) is 0 Å². The van der Waals surface area contributed by atoms with Crippen LogP contribution in [0.5, 0.6) is 5.75 Å². The molecule has 30 heavy (non-hydrogen) atoms. The molecule has 2 aliphatic rings. The number of ether oxygens (including phenoxy) is 2. The van der Waals surface area contributed by atoms with E-state index in [9.17, 15) is 4.79 Å². The van der Waals surface area contributed by atoms with Gasteiger partial charge in [-0.1, -0.05) is 0 Å². The number of imidazole rings is 1. The van der Waals surface area contributed by atoms with Crippen molar-refractivity contribution in [2.75, 3.05) is 31.1 Å². The normalized spacial score (nSPS) is 19.4. The fraction of sp³-hybridized carbons (Fsp3) is 0.667. The minimum atomic E-state index is -0.489. The summed E-state index contributed by atoms with van der Waals surface area (Å²) in [5.41, 5.74) is 2.33. The number of halogens is 1. The van der Waals surface area contributed by atoms with Gasteiger partial charge in [-0.3, -0.25) is 0 Å². The largest absolute Gasteiger partial charge is 0.489 e. The zero-order chi connectivity index (χ0) is 21.5. The second-order valence-electron chi connectivity index (χ2n) is 9.14. The first-order chi connectivity index (χ1) is 14.2. The average Bonchev–Trinajstić information content (AvgIpc) is 2.99. The first kappa shape index (κ1) is 21.2. The Kier molecular flexibility index (Phi) is 5.83. The number of carbonyl (C=O) groups excluding carboxylic acids is 1. The van der Waals surface area contributed by atoms with E-state index >= 15 is 0 Å². The van der Waals surface area contributed by atoms with E-state index in [-0.39, 0.29) is 6.09 Å². The summed E-state index contributed by atoms with van der Waals surface area (Å²) in [5, 5.41) is 7.88. The van der Waals surface area contributed by atoms with Crippen LogP contribution in [0.1, 0.15) is 51.3 Å². The Labute approximate surface area is 185 Å². The summed E-state index contributed by atoms with van der Waals surface area (Å²) in [6.45, 7) is 10.7. The molecule has 9 heteroatoms. The fourth-order valence-electron chi connectivity index (χ4n) is 4.15. The Morgan fingerprint density at radius 3 is 2.93 bits per heavy atom. The highest BCUT2D eigenvalue weighted by Gasteiger charge is 2.29. The molecule has 2 aromatic heterocycles. The number of aryl methyl sites for hydroxylation is 1. The van der Waals surface area contributed by atoms with Gasteiger partial charge in [0.05, 0.1) is 12.3 Å². The molecule has 0 bridgehead atoms. The van der Waals surface area contributed by atoms with Gasteiger partial charge in [0, 0.05) is 25.2 Å². The van der Waals surface area contributed by atoms with Gasteiger partial charge in [0.25, 0.3) is 0 Å². The Bertz CT molecular complexity index is 952. The third kappa shape index (κ3) is 4.36. The van der Waals surface area contributed by atoms with Crippen LogP contribution in [0.3, 0.4) is 0 Å². The van der Waals surface area contributed by atoms with Crippen LogP contribution in [0.4, 0.5) is 10.6 Å². The second-order valence-corrected chi connectivity index (χ2v) is 9.89. The highest BCUT2D eigenvalue weighted by atomic mass is 79.9. The summed E-state index contributed by atoms with van der Waals surface area (Å²) in [5.74, 6) is 2.17. The maximum atomic E-state index is 12.0. The van der Waals surface area contributed by atoms with Gasteiger partial charge < -0.3 is 19.7 Å². The molecule has 0 aromatic carbocycles. The molecule has 164 valence electrons. The molecule has 1 atom stereocenters. The molecule has 8 nitrogen and oxygen atoms in total. The zero-order valence-electron chi connectivity index (χ0n) is 18.1. The number of nitrogens with one attached hydrogen (secondary N) is 1. The van der Waals surface area contributed by atoms with Crippen molar-refractivity contribution in [2.24, 2.45) is 5.92 Å². The van der Waals surface area contributed by atoms with Crippen LogP contribution in [-0.4, -0.2) is 52.5 Å². The SMILES string of the molecule is Cc1nc2c3c(c(N4CCCC(CNC(=O)OC(C)(C)C)C4)nn2c1Br)CCCO3. The van der Waals surface area contributed by atoms with Gasteiger partial charge in [-0.05, 0) is 75.2 Å². The van der Waals surface area contributed by atoms with Crippen LogP contribution in [0.15, 0.2) is 4.60 Å². The van der Waals surface area contributed by atoms with Crippen molar-refractivity contribution in [2.45, 2.75) is 59.0 Å². The highest BCUT2D eigenvalue weighted by Crippen LogP contribution is 2.38. The third-order valence-corrected chi connectivity index (χ3v) is 6.38. The molecule has 1 unspecified atom stereocenters. The number of rotatable bonds is 3. The quantitative estimate of drug-likeness (QED) is 0.719.